The monoisotopic (exact) mass is 307 g/mol. The normalized spacial score (nSPS) is 15.2. The first kappa shape index (κ1) is 14.2. The number of hydrogen-bond acceptors (Lipinski definition) is 4. The highest BCUT2D eigenvalue weighted by Crippen LogP contribution is 2.17. The summed E-state index contributed by atoms with van der Waals surface area (Å²) < 4.78 is 18.6. The fourth-order valence-electron chi connectivity index (χ4n) is 2.31. The number of nitrogens with zero attached hydrogens (tertiary/aromatic N) is 3. The maximum absolute atomic E-state index is 13.3. The minimum absolute atomic E-state index is 0.330. The summed E-state index contributed by atoms with van der Waals surface area (Å²) in [7, 11) is 0. The Hall–Kier alpha value is -1.72. The molecule has 110 valence electrons. The van der Waals surface area contributed by atoms with Gasteiger partial charge in [-0.05, 0) is 29.3 Å². The van der Waals surface area contributed by atoms with Crippen molar-refractivity contribution in [1.82, 2.24) is 9.97 Å². The van der Waals surface area contributed by atoms with E-state index in [9.17, 15) is 4.39 Å². The van der Waals surface area contributed by atoms with Crippen LogP contribution in [0.25, 0.3) is 0 Å². The van der Waals surface area contributed by atoms with Crippen LogP contribution in [-0.4, -0.2) is 36.3 Å². The Morgan fingerprint density at radius 2 is 1.81 bits per heavy atom. The Kier molecular flexibility index (Phi) is 4.31. The second kappa shape index (κ2) is 6.37. The number of anilines is 1. The van der Waals surface area contributed by atoms with Gasteiger partial charge in [-0.15, -0.1) is 0 Å². The molecule has 1 aliphatic heterocycles. The summed E-state index contributed by atoms with van der Waals surface area (Å²) in [5.74, 6) is 0.377. The van der Waals surface area contributed by atoms with Crippen molar-refractivity contribution in [3.05, 3.63) is 52.6 Å². The molecule has 0 unspecified atom stereocenters. The van der Waals surface area contributed by atoms with E-state index in [0.29, 0.717) is 30.6 Å². The SMILES string of the molecule is Fc1cc(Cl)cc(Cc2cnc(N3CCOCC3)nc2)c1. The maximum atomic E-state index is 13.3. The third-order valence-corrected chi connectivity index (χ3v) is 3.53. The molecule has 1 aliphatic rings. The highest BCUT2D eigenvalue weighted by molar-refractivity contribution is 6.30. The van der Waals surface area contributed by atoms with Crippen molar-refractivity contribution in [3.8, 4) is 0 Å². The van der Waals surface area contributed by atoms with Crippen molar-refractivity contribution in [1.29, 1.82) is 0 Å². The van der Waals surface area contributed by atoms with Crippen molar-refractivity contribution in [3.63, 3.8) is 0 Å². The van der Waals surface area contributed by atoms with E-state index < -0.39 is 0 Å². The first-order chi connectivity index (χ1) is 10.2. The Morgan fingerprint density at radius 1 is 1.10 bits per heavy atom. The van der Waals surface area contributed by atoms with Crippen LogP contribution < -0.4 is 4.90 Å². The summed E-state index contributed by atoms with van der Waals surface area (Å²) in [5.41, 5.74) is 1.73. The van der Waals surface area contributed by atoms with Gasteiger partial charge in [-0.25, -0.2) is 14.4 Å². The van der Waals surface area contributed by atoms with Crippen molar-refractivity contribution in [2.75, 3.05) is 31.2 Å². The fraction of sp³-hybridized carbons (Fsp3) is 0.333. The average molecular weight is 308 g/mol. The number of halogens is 2. The standard InChI is InChI=1S/C15H15ClFN3O/c16-13-6-11(7-14(17)8-13)5-12-9-18-15(19-10-12)20-1-3-21-4-2-20/h6-10H,1-5H2. The van der Waals surface area contributed by atoms with Gasteiger partial charge in [0.15, 0.2) is 0 Å². The molecule has 1 fully saturated rings. The Labute approximate surface area is 127 Å². The molecular weight excluding hydrogens is 293 g/mol. The van der Waals surface area contributed by atoms with Gasteiger partial charge >= 0.3 is 0 Å². The van der Waals surface area contributed by atoms with Crippen LogP contribution in [0.4, 0.5) is 10.3 Å². The van der Waals surface area contributed by atoms with Crippen LogP contribution in [0.5, 0.6) is 0 Å². The van der Waals surface area contributed by atoms with Gasteiger partial charge < -0.3 is 9.64 Å². The highest BCUT2D eigenvalue weighted by atomic mass is 35.5. The zero-order chi connectivity index (χ0) is 14.7. The Bertz CT molecular complexity index is 595. The lowest BCUT2D eigenvalue weighted by atomic mass is 10.1. The van der Waals surface area contributed by atoms with Gasteiger partial charge in [0, 0.05) is 36.9 Å². The topological polar surface area (TPSA) is 38.2 Å². The number of hydrogen-bond donors (Lipinski definition) is 0. The predicted molar refractivity (Wildman–Crippen MR) is 79.3 cm³/mol. The molecule has 0 N–H and O–H groups in total. The zero-order valence-electron chi connectivity index (χ0n) is 11.4. The van der Waals surface area contributed by atoms with E-state index in [0.717, 1.165) is 24.2 Å². The van der Waals surface area contributed by atoms with Crippen molar-refractivity contribution in [2.24, 2.45) is 0 Å². The van der Waals surface area contributed by atoms with E-state index in [1.165, 1.54) is 12.1 Å². The van der Waals surface area contributed by atoms with Gasteiger partial charge in [0.05, 0.1) is 13.2 Å². The first-order valence-electron chi connectivity index (χ1n) is 6.79. The molecule has 0 saturated carbocycles. The molecule has 0 bridgehead atoms. The van der Waals surface area contributed by atoms with E-state index in [-0.39, 0.29) is 5.82 Å². The van der Waals surface area contributed by atoms with E-state index >= 15 is 0 Å². The van der Waals surface area contributed by atoms with Gasteiger partial charge in [-0.3, -0.25) is 0 Å². The Balaban J connectivity index is 1.71. The van der Waals surface area contributed by atoms with E-state index in [1.807, 2.05) is 0 Å². The molecule has 1 saturated heterocycles. The van der Waals surface area contributed by atoms with Crippen LogP contribution in [0.1, 0.15) is 11.1 Å². The largest absolute Gasteiger partial charge is 0.378 e. The molecule has 4 nitrogen and oxygen atoms in total. The minimum Gasteiger partial charge on any atom is -0.378 e. The molecule has 2 aromatic rings. The quantitative estimate of drug-likeness (QED) is 0.874. The zero-order valence-corrected chi connectivity index (χ0v) is 12.2. The van der Waals surface area contributed by atoms with Gasteiger partial charge in [-0.1, -0.05) is 11.6 Å². The minimum atomic E-state index is -0.330. The molecule has 2 heterocycles. The van der Waals surface area contributed by atoms with Gasteiger partial charge in [0.25, 0.3) is 0 Å². The molecule has 0 spiro atoms. The second-order valence-electron chi connectivity index (χ2n) is 4.95. The lowest BCUT2D eigenvalue weighted by Gasteiger charge is -2.26. The van der Waals surface area contributed by atoms with Crippen LogP contribution in [0, 0.1) is 5.82 Å². The molecule has 0 radical (unpaired) electrons. The summed E-state index contributed by atoms with van der Waals surface area (Å²) in [6, 6.07) is 4.52. The molecule has 1 aromatic heterocycles. The molecule has 1 aromatic carbocycles. The lowest BCUT2D eigenvalue weighted by Crippen LogP contribution is -2.37. The summed E-state index contributed by atoms with van der Waals surface area (Å²) in [5, 5.41) is 0.399. The van der Waals surface area contributed by atoms with E-state index in [2.05, 4.69) is 14.9 Å². The van der Waals surface area contributed by atoms with Crippen LogP contribution >= 0.6 is 11.6 Å². The van der Waals surface area contributed by atoms with Gasteiger partial charge in [-0.2, -0.15) is 0 Å². The van der Waals surface area contributed by atoms with Crippen LogP contribution in [0.15, 0.2) is 30.6 Å². The van der Waals surface area contributed by atoms with Crippen molar-refractivity contribution >= 4 is 17.5 Å². The first-order valence-corrected chi connectivity index (χ1v) is 7.17. The molecule has 0 aliphatic carbocycles. The summed E-state index contributed by atoms with van der Waals surface area (Å²) in [6.45, 7) is 3.01. The van der Waals surface area contributed by atoms with Crippen LogP contribution in [0.2, 0.25) is 5.02 Å². The third kappa shape index (κ3) is 3.68. The van der Waals surface area contributed by atoms with E-state index in [4.69, 9.17) is 16.3 Å². The van der Waals surface area contributed by atoms with Crippen molar-refractivity contribution < 1.29 is 9.13 Å². The second-order valence-corrected chi connectivity index (χ2v) is 5.38. The molecule has 6 heteroatoms. The lowest BCUT2D eigenvalue weighted by molar-refractivity contribution is 0.122. The maximum Gasteiger partial charge on any atom is 0.225 e. The van der Waals surface area contributed by atoms with Gasteiger partial charge in [0.2, 0.25) is 5.95 Å². The number of morpholine rings is 1. The smallest absolute Gasteiger partial charge is 0.225 e. The molecule has 21 heavy (non-hydrogen) atoms. The number of ether oxygens (including phenoxy) is 1. The predicted octanol–water partition coefficient (Wildman–Crippen LogP) is 2.70. The fourth-order valence-corrected chi connectivity index (χ4v) is 2.56. The van der Waals surface area contributed by atoms with Crippen LogP contribution in [-0.2, 0) is 11.2 Å². The highest BCUT2D eigenvalue weighted by Gasteiger charge is 2.13. The van der Waals surface area contributed by atoms with E-state index in [1.54, 1.807) is 18.5 Å². The number of rotatable bonds is 3. The third-order valence-electron chi connectivity index (χ3n) is 3.32. The van der Waals surface area contributed by atoms with Gasteiger partial charge in [0.1, 0.15) is 5.82 Å². The Morgan fingerprint density at radius 3 is 2.48 bits per heavy atom. The summed E-state index contributed by atoms with van der Waals surface area (Å²) in [6.07, 6.45) is 4.11. The van der Waals surface area contributed by atoms with Crippen LogP contribution in [0.3, 0.4) is 0 Å². The molecular formula is C15H15ClFN3O. The van der Waals surface area contributed by atoms with Crippen molar-refractivity contribution in [2.45, 2.75) is 6.42 Å². The number of aromatic nitrogens is 2. The molecule has 3 rings (SSSR count). The average Bonchev–Trinajstić information content (AvgIpc) is 2.48. The summed E-state index contributed by atoms with van der Waals surface area (Å²) >= 11 is 5.85. The summed E-state index contributed by atoms with van der Waals surface area (Å²) in [4.78, 5) is 10.8. The number of benzene rings is 1. The molecule has 0 atom stereocenters. The molecule has 0 amide bonds.